The number of rotatable bonds is 47. The van der Waals surface area contributed by atoms with Crippen LogP contribution in [0.4, 0.5) is 0 Å². The standard InChI is InChI=1S/C60H109NO13/c1-3-5-7-9-11-13-15-17-19-20-21-22-23-24-25-26-27-28-30-31-33-35-37-39-41-43-49(64)48(61-52(65)44-42-40-38-36-34-32-29-18-16-14-12-10-8-6-4-2)47-71-59-57(70)55(68)58(51(46-63)73-59)74-60-56(69)54(67)53(66)50(45-62)72-60/h18,27-29,33,35,41,43,48-51,53-60,62-64,66-70H,3-17,19-26,30-32,34,36-40,42,44-47H2,1-2H3,(H,61,65)/b28-27+,29-18-,35-33+,43-41+. The molecule has 14 heteroatoms. The second-order valence-electron chi connectivity index (χ2n) is 21.1. The van der Waals surface area contributed by atoms with Crippen molar-refractivity contribution in [3.05, 3.63) is 48.6 Å². The van der Waals surface area contributed by atoms with Crippen LogP contribution in [0.3, 0.4) is 0 Å². The highest BCUT2D eigenvalue weighted by Gasteiger charge is 2.51. The average molecular weight is 1050 g/mol. The van der Waals surface area contributed by atoms with Crippen LogP contribution >= 0.6 is 0 Å². The van der Waals surface area contributed by atoms with E-state index >= 15 is 0 Å². The Balaban J connectivity index is 1.79. The molecule has 2 aliphatic rings. The number of hydrogen-bond acceptors (Lipinski definition) is 13. The molecule has 74 heavy (non-hydrogen) atoms. The Morgan fingerprint density at radius 3 is 1.32 bits per heavy atom. The maximum Gasteiger partial charge on any atom is 0.220 e. The number of ether oxygens (including phenoxy) is 4. The van der Waals surface area contributed by atoms with Crippen LogP contribution in [-0.2, 0) is 23.7 Å². The molecule has 14 nitrogen and oxygen atoms in total. The maximum atomic E-state index is 13.2. The minimum atomic E-state index is -1.79. The number of carbonyl (C=O) groups excluding carboxylic acids is 1. The summed E-state index contributed by atoms with van der Waals surface area (Å²) in [4.78, 5) is 13.2. The van der Waals surface area contributed by atoms with Gasteiger partial charge in [-0.05, 0) is 70.6 Å². The Hall–Kier alpha value is -2.05. The molecule has 0 aromatic carbocycles. The van der Waals surface area contributed by atoms with Crippen LogP contribution in [0, 0.1) is 0 Å². The highest BCUT2D eigenvalue weighted by atomic mass is 16.7. The summed E-state index contributed by atoms with van der Waals surface area (Å²) in [5.74, 6) is -0.262. The summed E-state index contributed by atoms with van der Waals surface area (Å²) in [5.41, 5.74) is 0. The monoisotopic (exact) mass is 1050 g/mol. The summed E-state index contributed by atoms with van der Waals surface area (Å²) in [6, 6.07) is -0.942. The highest BCUT2D eigenvalue weighted by Crippen LogP contribution is 2.30. The van der Waals surface area contributed by atoms with Crippen molar-refractivity contribution in [3.63, 3.8) is 0 Å². The first-order valence-electron chi connectivity index (χ1n) is 29.9. The van der Waals surface area contributed by atoms with E-state index in [2.05, 4.69) is 55.6 Å². The van der Waals surface area contributed by atoms with Crippen molar-refractivity contribution in [2.75, 3.05) is 19.8 Å². The van der Waals surface area contributed by atoms with Crippen LogP contribution in [0.1, 0.15) is 232 Å². The highest BCUT2D eigenvalue weighted by molar-refractivity contribution is 5.76. The molecule has 2 fully saturated rings. The van der Waals surface area contributed by atoms with Crippen molar-refractivity contribution in [2.24, 2.45) is 0 Å². The Kier molecular flexibility index (Phi) is 42.2. The Bertz CT molecular complexity index is 1430. The van der Waals surface area contributed by atoms with Crippen LogP contribution in [-0.4, -0.2) is 140 Å². The summed E-state index contributed by atoms with van der Waals surface area (Å²) in [6.07, 6.45) is 40.2. The van der Waals surface area contributed by atoms with Gasteiger partial charge in [0.25, 0.3) is 0 Å². The van der Waals surface area contributed by atoms with Crippen LogP contribution < -0.4 is 5.32 Å². The van der Waals surface area contributed by atoms with Crippen LogP contribution in [0.2, 0.25) is 0 Å². The molecule has 0 radical (unpaired) electrons. The van der Waals surface area contributed by atoms with Crippen molar-refractivity contribution in [2.45, 2.75) is 306 Å². The van der Waals surface area contributed by atoms with Crippen molar-refractivity contribution >= 4 is 5.91 Å². The Morgan fingerprint density at radius 2 is 0.865 bits per heavy atom. The molecule has 0 aliphatic carbocycles. The molecule has 2 rings (SSSR count). The van der Waals surface area contributed by atoms with Gasteiger partial charge in [-0.1, -0.05) is 204 Å². The fourth-order valence-corrected chi connectivity index (χ4v) is 9.61. The Morgan fingerprint density at radius 1 is 0.473 bits per heavy atom. The maximum absolute atomic E-state index is 13.2. The lowest BCUT2D eigenvalue weighted by Crippen LogP contribution is -2.65. The number of nitrogens with one attached hydrogen (secondary N) is 1. The average Bonchev–Trinajstić information content (AvgIpc) is 3.40. The molecule has 0 saturated carbocycles. The lowest BCUT2D eigenvalue weighted by Gasteiger charge is -2.46. The van der Waals surface area contributed by atoms with Crippen molar-refractivity contribution in [1.82, 2.24) is 5.32 Å². The van der Waals surface area contributed by atoms with E-state index in [1.54, 1.807) is 6.08 Å². The molecule has 0 aromatic heterocycles. The zero-order chi connectivity index (χ0) is 53.9. The molecule has 2 saturated heterocycles. The van der Waals surface area contributed by atoms with Gasteiger partial charge in [-0.3, -0.25) is 4.79 Å². The topological polar surface area (TPSA) is 228 Å². The first-order valence-corrected chi connectivity index (χ1v) is 29.9. The minimum absolute atomic E-state index is 0.259. The van der Waals surface area contributed by atoms with E-state index in [0.717, 1.165) is 64.2 Å². The fraction of sp³-hybridized carbons (Fsp3) is 0.850. The minimum Gasteiger partial charge on any atom is -0.394 e. The van der Waals surface area contributed by atoms with Crippen LogP contribution in [0.15, 0.2) is 48.6 Å². The van der Waals surface area contributed by atoms with E-state index in [-0.39, 0.29) is 18.9 Å². The van der Waals surface area contributed by atoms with E-state index in [1.807, 2.05) is 6.08 Å². The molecule has 0 spiro atoms. The number of unbranched alkanes of at least 4 members (excludes halogenated alkanes) is 28. The molecule has 432 valence electrons. The quantitative estimate of drug-likeness (QED) is 0.0205. The van der Waals surface area contributed by atoms with E-state index in [0.29, 0.717) is 12.8 Å². The summed E-state index contributed by atoms with van der Waals surface area (Å²) in [7, 11) is 0. The van der Waals surface area contributed by atoms with Gasteiger partial charge in [-0.15, -0.1) is 0 Å². The smallest absolute Gasteiger partial charge is 0.220 e. The fourth-order valence-electron chi connectivity index (χ4n) is 9.61. The number of aliphatic hydroxyl groups is 8. The van der Waals surface area contributed by atoms with E-state index in [1.165, 1.54) is 135 Å². The summed E-state index contributed by atoms with van der Waals surface area (Å²) >= 11 is 0. The third-order valence-electron chi connectivity index (χ3n) is 14.5. The van der Waals surface area contributed by atoms with Gasteiger partial charge < -0.3 is 65.1 Å². The third-order valence-corrected chi connectivity index (χ3v) is 14.5. The SMILES string of the molecule is CCCCCCCC/C=C\CCCCCCCC(=O)NC(COC1OC(CO)C(OC2OC(CO)C(O)C(O)C2O)C(O)C1O)C(O)/C=C/CC/C=C/CC/C=C/CCCCCCCCCCCCCCCCC. The molecule has 9 N–H and O–H groups in total. The second kappa shape index (κ2) is 45.9. The molecular formula is C60H109NO13. The number of amides is 1. The number of allylic oxidation sites excluding steroid dienone is 7. The first kappa shape index (κ1) is 68.1. The first-order chi connectivity index (χ1) is 36.1. The van der Waals surface area contributed by atoms with Gasteiger partial charge in [0.05, 0.1) is 32.0 Å². The number of carbonyl (C=O) groups is 1. The summed E-state index contributed by atoms with van der Waals surface area (Å²) < 4.78 is 22.7. The predicted molar refractivity (Wildman–Crippen MR) is 295 cm³/mol. The van der Waals surface area contributed by atoms with Gasteiger partial charge in [0.2, 0.25) is 5.91 Å². The lowest BCUT2D eigenvalue weighted by atomic mass is 9.97. The van der Waals surface area contributed by atoms with Crippen LogP contribution in [0.25, 0.3) is 0 Å². The summed E-state index contributed by atoms with van der Waals surface area (Å²) in [6.45, 7) is 2.77. The molecule has 0 aromatic rings. The third kappa shape index (κ3) is 31.4. The van der Waals surface area contributed by atoms with Gasteiger partial charge in [-0.25, -0.2) is 0 Å². The zero-order valence-electron chi connectivity index (χ0n) is 46.3. The van der Waals surface area contributed by atoms with Gasteiger partial charge in [0.15, 0.2) is 12.6 Å². The largest absolute Gasteiger partial charge is 0.394 e. The summed E-state index contributed by atoms with van der Waals surface area (Å²) in [5, 5.41) is 87.0. The second-order valence-corrected chi connectivity index (χ2v) is 21.1. The molecule has 0 bridgehead atoms. The molecule has 12 unspecified atom stereocenters. The van der Waals surface area contributed by atoms with Crippen molar-refractivity contribution < 1.29 is 64.6 Å². The van der Waals surface area contributed by atoms with Gasteiger partial charge in [0, 0.05) is 6.42 Å². The van der Waals surface area contributed by atoms with E-state index in [4.69, 9.17) is 18.9 Å². The van der Waals surface area contributed by atoms with Gasteiger partial charge in [-0.2, -0.15) is 0 Å². The molecule has 2 aliphatic heterocycles. The lowest BCUT2D eigenvalue weighted by molar-refractivity contribution is -0.359. The zero-order valence-corrected chi connectivity index (χ0v) is 46.3. The van der Waals surface area contributed by atoms with Gasteiger partial charge in [0.1, 0.15) is 48.8 Å². The number of hydrogen-bond donors (Lipinski definition) is 9. The molecular weight excluding hydrogens is 943 g/mol. The normalized spacial score (nSPS) is 25.5. The van der Waals surface area contributed by atoms with E-state index in [9.17, 15) is 45.6 Å². The Labute approximate surface area is 448 Å². The van der Waals surface area contributed by atoms with Crippen molar-refractivity contribution in [1.29, 1.82) is 0 Å². The molecule has 1 amide bonds. The molecule has 12 atom stereocenters. The van der Waals surface area contributed by atoms with Crippen LogP contribution in [0.5, 0.6) is 0 Å². The van der Waals surface area contributed by atoms with Crippen molar-refractivity contribution in [3.8, 4) is 0 Å². The number of aliphatic hydroxyl groups excluding tert-OH is 8. The van der Waals surface area contributed by atoms with Gasteiger partial charge >= 0.3 is 0 Å². The van der Waals surface area contributed by atoms with E-state index < -0.39 is 86.8 Å². The predicted octanol–water partition coefficient (Wildman–Crippen LogP) is 10.0. The molecule has 2 heterocycles.